The number of hydrazone groups is 1. The number of carbonyl (C=O) groups excluding carboxylic acids is 1. The summed E-state index contributed by atoms with van der Waals surface area (Å²) in [5, 5.41) is 6.36. The van der Waals surface area contributed by atoms with Gasteiger partial charge >= 0.3 is 6.03 Å². The first kappa shape index (κ1) is 23.2. The standard InChI is InChI=1S/C23H22F3N7OS/c1-14-27-13-20(35-14)21-18(26)12-28-22(30-21)31-6-8-32(9-7-31)23(34)33-19(4-5-29-33)15-2-3-16(24)11-17(25)10-15/h3,5,10-13,19H,2,4,6-9H2,1H3/t19-/m0/s1. The Labute approximate surface area is 203 Å². The minimum Gasteiger partial charge on any atom is -0.337 e. The van der Waals surface area contributed by atoms with Crippen LogP contribution in [-0.4, -0.2) is 69.3 Å². The van der Waals surface area contributed by atoms with Gasteiger partial charge in [-0.1, -0.05) is 0 Å². The van der Waals surface area contributed by atoms with Gasteiger partial charge in [-0.15, -0.1) is 11.3 Å². The van der Waals surface area contributed by atoms with E-state index in [-0.39, 0.29) is 18.1 Å². The molecule has 5 rings (SSSR count). The Balaban J connectivity index is 1.26. The number of allylic oxidation sites excluding steroid dienone is 5. The van der Waals surface area contributed by atoms with Crippen LogP contribution in [0, 0.1) is 12.7 Å². The zero-order valence-electron chi connectivity index (χ0n) is 18.9. The van der Waals surface area contributed by atoms with Gasteiger partial charge in [0.05, 0.1) is 22.1 Å². The molecule has 1 saturated heterocycles. The number of aromatic nitrogens is 3. The highest BCUT2D eigenvalue weighted by atomic mass is 32.1. The van der Waals surface area contributed by atoms with Crippen molar-refractivity contribution in [3.63, 3.8) is 0 Å². The number of anilines is 1. The molecule has 0 spiro atoms. The van der Waals surface area contributed by atoms with Crippen molar-refractivity contribution in [1.29, 1.82) is 0 Å². The van der Waals surface area contributed by atoms with Crippen LogP contribution >= 0.6 is 11.3 Å². The van der Waals surface area contributed by atoms with Gasteiger partial charge < -0.3 is 9.80 Å². The number of nitrogens with zero attached hydrogens (tertiary/aromatic N) is 7. The molecule has 2 amide bonds. The van der Waals surface area contributed by atoms with Gasteiger partial charge in [0.25, 0.3) is 0 Å². The Morgan fingerprint density at radius 3 is 2.60 bits per heavy atom. The molecule has 4 heterocycles. The molecule has 35 heavy (non-hydrogen) atoms. The maximum Gasteiger partial charge on any atom is 0.341 e. The number of halogens is 3. The SMILES string of the molecule is Cc1ncc(-c2nc(N3CCN(C(=O)N4N=CC[C@H]4C4=CC(F)=CC(F)=CC4)CC3)ncc2F)s1. The lowest BCUT2D eigenvalue weighted by Crippen LogP contribution is -2.53. The second-order valence-electron chi connectivity index (χ2n) is 8.30. The minimum absolute atomic E-state index is 0.199. The van der Waals surface area contributed by atoms with E-state index in [2.05, 4.69) is 20.1 Å². The monoisotopic (exact) mass is 501 g/mol. The van der Waals surface area contributed by atoms with Gasteiger partial charge in [0, 0.05) is 51.1 Å². The molecule has 8 nitrogen and oxygen atoms in total. The largest absolute Gasteiger partial charge is 0.341 e. The number of piperazine rings is 1. The lowest BCUT2D eigenvalue weighted by Gasteiger charge is -2.37. The molecule has 2 aliphatic heterocycles. The second kappa shape index (κ2) is 9.61. The van der Waals surface area contributed by atoms with E-state index in [1.165, 1.54) is 28.5 Å². The lowest BCUT2D eigenvalue weighted by molar-refractivity contribution is 0.144. The fourth-order valence-corrected chi connectivity index (χ4v) is 4.99. The predicted octanol–water partition coefficient (Wildman–Crippen LogP) is 4.39. The number of thiazole rings is 1. The summed E-state index contributed by atoms with van der Waals surface area (Å²) in [4.78, 5) is 30.1. The van der Waals surface area contributed by atoms with Crippen molar-refractivity contribution in [3.8, 4) is 10.6 Å². The first-order chi connectivity index (χ1) is 16.9. The van der Waals surface area contributed by atoms with E-state index in [9.17, 15) is 18.0 Å². The number of aryl methyl sites for hydroxylation is 1. The summed E-state index contributed by atoms with van der Waals surface area (Å²) in [6.07, 6.45) is 8.38. The van der Waals surface area contributed by atoms with Crippen LogP contribution in [0.15, 0.2) is 53.0 Å². The fourth-order valence-electron chi connectivity index (χ4n) is 4.22. The molecule has 0 aromatic carbocycles. The fraction of sp³-hybridized carbons (Fsp3) is 0.348. The summed E-state index contributed by atoms with van der Waals surface area (Å²) < 4.78 is 41.9. The van der Waals surface area contributed by atoms with E-state index in [1.807, 2.05) is 11.8 Å². The van der Waals surface area contributed by atoms with Crippen LogP contribution in [-0.2, 0) is 0 Å². The van der Waals surface area contributed by atoms with Crippen LogP contribution in [0.1, 0.15) is 17.8 Å². The molecule has 3 aliphatic rings. The van der Waals surface area contributed by atoms with Gasteiger partial charge in [-0.05, 0) is 31.1 Å². The van der Waals surface area contributed by atoms with Crippen LogP contribution in [0.3, 0.4) is 0 Å². The molecule has 182 valence electrons. The Bertz CT molecular complexity index is 1260. The average molecular weight is 502 g/mol. The topological polar surface area (TPSA) is 77.8 Å². The van der Waals surface area contributed by atoms with Gasteiger partial charge in [0.1, 0.15) is 17.3 Å². The summed E-state index contributed by atoms with van der Waals surface area (Å²) in [6.45, 7) is 3.52. The Hall–Kier alpha value is -3.54. The van der Waals surface area contributed by atoms with Crippen molar-refractivity contribution in [2.45, 2.75) is 25.8 Å². The van der Waals surface area contributed by atoms with Crippen LogP contribution in [0.2, 0.25) is 0 Å². The molecule has 0 bridgehead atoms. The molecular weight excluding hydrogens is 479 g/mol. The van der Waals surface area contributed by atoms with Gasteiger partial charge in [-0.3, -0.25) is 0 Å². The highest BCUT2D eigenvalue weighted by Crippen LogP contribution is 2.30. The van der Waals surface area contributed by atoms with E-state index < -0.39 is 23.5 Å². The van der Waals surface area contributed by atoms with Gasteiger partial charge in [0.2, 0.25) is 5.95 Å². The van der Waals surface area contributed by atoms with Crippen molar-refractivity contribution in [3.05, 3.63) is 58.7 Å². The van der Waals surface area contributed by atoms with Gasteiger partial charge in [0.15, 0.2) is 5.82 Å². The second-order valence-corrected chi connectivity index (χ2v) is 9.54. The highest BCUT2D eigenvalue weighted by molar-refractivity contribution is 7.15. The smallest absolute Gasteiger partial charge is 0.337 e. The third-order valence-electron chi connectivity index (χ3n) is 6.00. The number of rotatable bonds is 3. The number of carbonyl (C=O) groups is 1. The van der Waals surface area contributed by atoms with Crippen molar-refractivity contribution >= 4 is 29.5 Å². The normalized spacial score (nSPS) is 20.5. The summed E-state index contributed by atoms with van der Waals surface area (Å²) >= 11 is 1.35. The first-order valence-corrected chi connectivity index (χ1v) is 11.9. The molecule has 1 aliphatic carbocycles. The van der Waals surface area contributed by atoms with Gasteiger partial charge in [-0.25, -0.2) is 37.9 Å². The summed E-state index contributed by atoms with van der Waals surface area (Å²) in [5.74, 6) is -1.46. The number of urea groups is 1. The average Bonchev–Trinajstić information content (AvgIpc) is 3.47. The van der Waals surface area contributed by atoms with E-state index in [0.29, 0.717) is 49.0 Å². The van der Waals surface area contributed by atoms with E-state index in [4.69, 9.17) is 0 Å². The van der Waals surface area contributed by atoms with Crippen LogP contribution in [0.25, 0.3) is 10.6 Å². The maximum atomic E-state index is 14.3. The quantitative estimate of drug-likeness (QED) is 0.624. The zero-order valence-corrected chi connectivity index (χ0v) is 19.7. The van der Waals surface area contributed by atoms with Crippen molar-refractivity contribution in [2.75, 3.05) is 31.1 Å². The molecule has 1 fully saturated rings. The summed E-state index contributed by atoms with van der Waals surface area (Å²) in [5.41, 5.74) is 0.790. The van der Waals surface area contributed by atoms with E-state index >= 15 is 0 Å². The Morgan fingerprint density at radius 2 is 1.86 bits per heavy atom. The molecule has 1 atom stereocenters. The first-order valence-electron chi connectivity index (χ1n) is 11.1. The van der Waals surface area contributed by atoms with Crippen molar-refractivity contribution in [2.24, 2.45) is 5.10 Å². The highest BCUT2D eigenvalue weighted by Gasteiger charge is 2.34. The molecule has 0 unspecified atom stereocenters. The van der Waals surface area contributed by atoms with E-state index in [0.717, 1.165) is 17.3 Å². The van der Waals surface area contributed by atoms with Crippen molar-refractivity contribution in [1.82, 2.24) is 24.9 Å². The number of hydrogen-bond donors (Lipinski definition) is 0. The molecule has 2 aromatic heterocycles. The summed E-state index contributed by atoms with van der Waals surface area (Å²) in [6, 6.07) is -0.768. The molecule has 0 saturated carbocycles. The zero-order chi connectivity index (χ0) is 24.5. The molecule has 0 radical (unpaired) electrons. The molecular formula is C23H22F3N7OS. The van der Waals surface area contributed by atoms with Crippen LogP contribution in [0.5, 0.6) is 0 Å². The van der Waals surface area contributed by atoms with Crippen LogP contribution in [0.4, 0.5) is 23.9 Å². The Kier molecular flexibility index (Phi) is 6.37. The molecule has 12 heteroatoms. The third-order valence-corrected chi connectivity index (χ3v) is 6.92. The Morgan fingerprint density at radius 1 is 1.06 bits per heavy atom. The summed E-state index contributed by atoms with van der Waals surface area (Å²) in [7, 11) is 0. The third kappa shape index (κ3) is 4.83. The number of hydrogen-bond acceptors (Lipinski definition) is 7. The molecule has 0 N–H and O–H groups in total. The minimum atomic E-state index is -0.689. The van der Waals surface area contributed by atoms with Crippen LogP contribution < -0.4 is 4.90 Å². The molecule has 2 aromatic rings. The van der Waals surface area contributed by atoms with Crippen molar-refractivity contribution < 1.29 is 18.0 Å². The van der Waals surface area contributed by atoms with Gasteiger partial charge in [-0.2, -0.15) is 5.10 Å². The predicted molar refractivity (Wildman–Crippen MR) is 127 cm³/mol. The lowest BCUT2D eigenvalue weighted by atomic mass is 10.0. The number of amides is 2. The maximum absolute atomic E-state index is 14.3. The van der Waals surface area contributed by atoms with E-state index in [1.54, 1.807) is 17.3 Å².